The minimum absolute atomic E-state index is 0.0658. The second kappa shape index (κ2) is 6.08. The summed E-state index contributed by atoms with van der Waals surface area (Å²) in [5.41, 5.74) is 0.805. The van der Waals surface area contributed by atoms with Crippen molar-refractivity contribution in [2.75, 3.05) is 0 Å². The van der Waals surface area contributed by atoms with Crippen LogP contribution in [0.25, 0.3) is 4.96 Å². The van der Waals surface area contributed by atoms with Crippen molar-refractivity contribution in [1.82, 2.24) is 19.5 Å². The fourth-order valence-electron chi connectivity index (χ4n) is 2.70. The predicted molar refractivity (Wildman–Crippen MR) is 89.4 cm³/mol. The molecule has 1 aliphatic carbocycles. The topological polar surface area (TPSA) is 50.5 Å². The average molecular weight is 320 g/mol. The van der Waals surface area contributed by atoms with E-state index in [0.717, 1.165) is 23.7 Å². The van der Waals surface area contributed by atoms with Crippen molar-refractivity contribution in [3.63, 3.8) is 0 Å². The van der Waals surface area contributed by atoms with Crippen molar-refractivity contribution < 1.29 is 0 Å². The van der Waals surface area contributed by atoms with Gasteiger partial charge in [0, 0.05) is 24.7 Å². The van der Waals surface area contributed by atoms with Gasteiger partial charge in [0.05, 0.1) is 5.69 Å². The lowest BCUT2D eigenvalue weighted by Crippen LogP contribution is -2.38. The Morgan fingerprint density at radius 2 is 2.14 bits per heavy atom. The molecule has 6 heteroatoms. The van der Waals surface area contributed by atoms with E-state index < -0.39 is 0 Å². The first-order chi connectivity index (χ1) is 10.5. The Kier molecular flexibility index (Phi) is 4.32. The van der Waals surface area contributed by atoms with Gasteiger partial charge in [-0.25, -0.2) is 4.98 Å². The van der Waals surface area contributed by atoms with Crippen LogP contribution in [0.15, 0.2) is 10.9 Å². The quantitative estimate of drug-likeness (QED) is 0.821. The largest absolute Gasteiger partial charge is 0.292 e. The van der Waals surface area contributed by atoms with Crippen molar-refractivity contribution in [2.45, 2.75) is 65.6 Å². The van der Waals surface area contributed by atoms with Gasteiger partial charge in [-0.15, -0.1) is 0 Å². The lowest BCUT2D eigenvalue weighted by Gasteiger charge is -2.31. The van der Waals surface area contributed by atoms with Gasteiger partial charge in [0.1, 0.15) is 5.01 Å². The first kappa shape index (κ1) is 15.6. The maximum atomic E-state index is 12.2. The normalized spacial score (nSPS) is 16.8. The number of aryl methyl sites for hydroxylation is 1. The number of fused-ring (bicyclic) bond motifs is 1. The van der Waals surface area contributed by atoms with E-state index in [1.807, 2.05) is 6.92 Å². The molecular formula is C16H24N4OS. The highest BCUT2D eigenvalue weighted by Crippen LogP contribution is 2.31. The van der Waals surface area contributed by atoms with E-state index in [9.17, 15) is 4.79 Å². The average Bonchev–Trinajstić information content (AvgIpc) is 3.23. The summed E-state index contributed by atoms with van der Waals surface area (Å²) >= 11 is 1.51. The van der Waals surface area contributed by atoms with Crippen LogP contribution >= 0.6 is 11.3 Å². The highest BCUT2D eigenvalue weighted by Gasteiger charge is 2.33. The van der Waals surface area contributed by atoms with E-state index in [4.69, 9.17) is 0 Å². The lowest BCUT2D eigenvalue weighted by molar-refractivity contribution is 0.148. The van der Waals surface area contributed by atoms with E-state index in [-0.39, 0.29) is 5.56 Å². The third-order valence-corrected chi connectivity index (χ3v) is 5.54. The summed E-state index contributed by atoms with van der Waals surface area (Å²) in [6.45, 7) is 9.58. The van der Waals surface area contributed by atoms with Crippen molar-refractivity contribution in [2.24, 2.45) is 5.92 Å². The molecule has 1 atom stereocenters. The van der Waals surface area contributed by atoms with Gasteiger partial charge in [-0.2, -0.15) is 9.61 Å². The van der Waals surface area contributed by atoms with E-state index in [1.165, 1.54) is 28.7 Å². The summed E-state index contributed by atoms with van der Waals surface area (Å²) in [6.07, 6.45) is 3.36. The Morgan fingerprint density at radius 3 is 2.73 bits per heavy atom. The number of hydrogen-bond acceptors (Lipinski definition) is 5. The van der Waals surface area contributed by atoms with Crippen molar-refractivity contribution in [3.05, 3.63) is 27.1 Å². The smallest absolute Gasteiger partial charge is 0.275 e. The predicted octanol–water partition coefficient (Wildman–Crippen LogP) is 2.72. The molecule has 2 aromatic heterocycles. The van der Waals surface area contributed by atoms with Crippen molar-refractivity contribution >= 4 is 16.3 Å². The summed E-state index contributed by atoms with van der Waals surface area (Å²) in [6, 6.07) is 2.81. The molecule has 0 N–H and O–H groups in total. The maximum absolute atomic E-state index is 12.2. The van der Waals surface area contributed by atoms with Crippen LogP contribution in [0.4, 0.5) is 0 Å². The molecule has 0 spiro atoms. The molecule has 3 rings (SSSR count). The Morgan fingerprint density at radius 1 is 1.41 bits per heavy atom. The molecule has 1 aliphatic rings. The third-order valence-electron chi connectivity index (χ3n) is 4.49. The minimum Gasteiger partial charge on any atom is -0.292 e. The SMILES string of the molecule is CCc1nn2c(=O)cc(CN(C3CC3)C(C)C(C)C)nc2s1. The van der Waals surface area contributed by atoms with E-state index in [1.54, 1.807) is 6.07 Å². The Labute approximate surface area is 135 Å². The van der Waals surface area contributed by atoms with Gasteiger partial charge < -0.3 is 0 Å². The molecular weight excluding hydrogens is 296 g/mol. The molecule has 0 saturated heterocycles. The molecule has 1 saturated carbocycles. The second-order valence-electron chi connectivity index (χ2n) is 6.52. The van der Waals surface area contributed by atoms with Crippen LogP contribution in [0.1, 0.15) is 51.2 Å². The van der Waals surface area contributed by atoms with E-state index >= 15 is 0 Å². The fraction of sp³-hybridized carbons (Fsp3) is 0.688. The minimum atomic E-state index is -0.0658. The van der Waals surface area contributed by atoms with Gasteiger partial charge >= 0.3 is 0 Å². The zero-order valence-electron chi connectivity index (χ0n) is 13.7. The summed E-state index contributed by atoms with van der Waals surface area (Å²) in [5, 5.41) is 5.26. The molecule has 0 aromatic carbocycles. The van der Waals surface area contributed by atoms with Gasteiger partial charge in [0.2, 0.25) is 4.96 Å². The first-order valence-corrected chi connectivity index (χ1v) is 8.95. The van der Waals surface area contributed by atoms with Crippen LogP contribution in [-0.4, -0.2) is 31.6 Å². The molecule has 22 heavy (non-hydrogen) atoms. The van der Waals surface area contributed by atoms with Crippen LogP contribution in [0, 0.1) is 5.92 Å². The molecule has 0 amide bonds. The summed E-state index contributed by atoms with van der Waals surface area (Å²) in [7, 11) is 0. The molecule has 5 nitrogen and oxygen atoms in total. The van der Waals surface area contributed by atoms with Crippen LogP contribution in [-0.2, 0) is 13.0 Å². The highest BCUT2D eigenvalue weighted by molar-refractivity contribution is 7.16. The highest BCUT2D eigenvalue weighted by atomic mass is 32.1. The van der Waals surface area contributed by atoms with Gasteiger partial charge in [-0.1, -0.05) is 32.1 Å². The van der Waals surface area contributed by atoms with Crippen molar-refractivity contribution in [1.29, 1.82) is 0 Å². The standard InChI is InChI=1S/C16H24N4OS/c1-5-14-18-20-15(21)8-12(17-16(20)22-14)9-19(13-6-7-13)11(4)10(2)3/h8,10-11,13H,5-7,9H2,1-4H3. The summed E-state index contributed by atoms with van der Waals surface area (Å²) in [5.74, 6) is 0.598. The van der Waals surface area contributed by atoms with Gasteiger partial charge in [0.15, 0.2) is 0 Å². The molecule has 2 heterocycles. The lowest BCUT2D eigenvalue weighted by atomic mass is 10.0. The van der Waals surface area contributed by atoms with Crippen LogP contribution in [0.5, 0.6) is 0 Å². The maximum Gasteiger partial charge on any atom is 0.275 e. The number of aromatic nitrogens is 3. The molecule has 0 aliphatic heterocycles. The molecule has 0 bridgehead atoms. The molecule has 1 unspecified atom stereocenters. The Bertz CT molecular complexity index is 716. The van der Waals surface area contributed by atoms with Crippen LogP contribution in [0.3, 0.4) is 0 Å². The molecule has 120 valence electrons. The first-order valence-electron chi connectivity index (χ1n) is 8.14. The summed E-state index contributed by atoms with van der Waals surface area (Å²) < 4.78 is 1.43. The number of nitrogens with zero attached hydrogens (tertiary/aromatic N) is 4. The molecule has 0 radical (unpaired) electrons. The Balaban J connectivity index is 1.90. The fourth-order valence-corrected chi connectivity index (χ4v) is 3.56. The van der Waals surface area contributed by atoms with Crippen LogP contribution < -0.4 is 5.56 Å². The summed E-state index contributed by atoms with van der Waals surface area (Å²) in [4.78, 5) is 20.1. The van der Waals surface area contributed by atoms with Gasteiger partial charge in [0.25, 0.3) is 5.56 Å². The number of hydrogen-bond donors (Lipinski definition) is 0. The monoisotopic (exact) mass is 320 g/mol. The van der Waals surface area contributed by atoms with Crippen LogP contribution in [0.2, 0.25) is 0 Å². The Hall–Kier alpha value is -1.27. The zero-order chi connectivity index (χ0) is 15.9. The molecule has 2 aromatic rings. The van der Waals surface area contributed by atoms with E-state index in [0.29, 0.717) is 23.0 Å². The molecule has 1 fully saturated rings. The zero-order valence-corrected chi connectivity index (χ0v) is 14.6. The van der Waals surface area contributed by atoms with E-state index in [2.05, 4.69) is 35.8 Å². The van der Waals surface area contributed by atoms with Gasteiger partial charge in [-0.05, 0) is 32.1 Å². The second-order valence-corrected chi connectivity index (χ2v) is 7.56. The van der Waals surface area contributed by atoms with Gasteiger partial charge in [-0.3, -0.25) is 9.69 Å². The van der Waals surface area contributed by atoms with Crippen molar-refractivity contribution in [3.8, 4) is 0 Å². The third kappa shape index (κ3) is 3.08. The number of rotatable bonds is 6.